The van der Waals surface area contributed by atoms with Crippen molar-refractivity contribution in [3.63, 3.8) is 0 Å². The predicted molar refractivity (Wildman–Crippen MR) is 136 cm³/mol. The molecule has 0 saturated carbocycles. The molecule has 7 nitrogen and oxygen atoms in total. The van der Waals surface area contributed by atoms with Crippen LogP contribution in [0.3, 0.4) is 0 Å². The minimum Gasteiger partial charge on any atom is -0.481 e. The van der Waals surface area contributed by atoms with Crippen molar-refractivity contribution < 1.29 is 36.9 Å². The van der Waals surface area contributed by atoms with Crippen LogP contribution in [0.25, 0.3) is 0 Å². The standard InChI is InChI=1S/C28H37F3N2O5/c1-8-37-26(34)23-21(27(4,5)36-7)24(22(33-23)20-12-10-9-11-19(20)16(2)3)38-15-17-13-18(28(29,30)31)14-32-25(17)35-6/h9-14,16,21-24,33H,8,15H2,1-7H3/t21-,22+,23+,24+/m1/s1. The average Bonchev–Trinajstić information content (AvgIpc) is 3.27. The maximum absolute atomic E-state index is 13.4. The number of pyridine rings is 1. The van der Waals surface area contributed by atoms with E-state index in [2.05, 4.69) is 24.1 Å². The number of esters is 1. The van der Waals surface area contributed by atoms with Crippen LogP contribution in [0, 0.1) is 5.92 Å². The van der Waals surface area contributed by atoms with Crippen LogP contribution in [0.4, 0.5) is 13.2 Å². The summed E-state index contributed by atoms with van der Waals surface area (Å²) in [4.78, 5) is 17.0. The molecule has 0 amide bonds. The highest BCUT2D eigenvalue weighted by molar-refractivity contribution is 5.77. The lowest BCUT2D eigenvalue weighted by Crippen LogP contribution is -2.49. The Morgan fingerprint density at radius 2 is 1.84 bits per heavy atom. The van der Waals surface area contributed by atoms with E-state index in [0.717, 1.165) is 23.4 Å². The first-order valence-corrected chi connectivity index (χ1v) is 12.6. The predicted octanol–water partition coefficient (Wildman–Crippen LogP) is 5.44. The van der Waals surface area contributed by atoms with E-state index in [0.29, 0.717) is 0 Å². The van der Waals surface area contributed by atoms with E-state index < -0.39 is 47.4 Å². The summed E-state index contributed by atoms with van der Waals surface area (Å²) in [6.07, 6.45) is -4.51. The summed E-state index contributed by atoms with van der Waals surface area (Å²) in [5.41, 5.74) is 0.390. The third-order valence-electron chi connectivity index (χ3n) is 7.10. The molecule has 3 rings (SSSR count). The first-order chi connectivity index (χ1) is 17.8. The molecule has 0 radical (unpaired) electrons. The van der Waals surface area contributed by atoms with E-state index in [9.17, 15) is 18.0 Å². The van der Waals surface area contributed by atoms with Gasteiger partial charge in [0.1, 0.15) is 6.04 Å². The van der Waals surface area contributed by atoms with E-state index >= 15 is 0 Å². The van der Waals surface area contributed by atoms with Gasteiger partial charge in [-0.2, -0.15) is 13.2 Å². The van der Waals surface area contributed by atoms with Crippen LogP contribution >= 0.6 is 0 Å². The Morgan fingerprint density at radius 3 is 2.42 bits per heavy atom. The summed E-state index contributed by atoms with van der Waals surface area (Å²) >= 11 is 0. The molecule has 1 aliphatic heterocycles. The van der Waals surface area contributed by atoms with Gasteiger partial charge in [0.2, 0.25) is 5.88 Å². The highest BCUT2D eigenvalue weighted by atomic mass is 19.4. The third-order valence-corrected chi connectivity index (χ3v) is 7.10. The fourth-order valence-corrected chi connectivity index (χ4v) is 5.08. The molecule has 4 atom stereocenters. The highest BCUT2D eigenvalue weighted by Crippen LogP contribution is 2.44. The summed E-state index contributed by atoms with van der Waals surface area (Å²) in [5.74, 6) is -0.773. The fourth-order valence-electron chi connectivity index (χ4n) is 5.08. The second-order valence-electron chi connectivity index (χ2n) is 10.2. The minimum atomic E-state index is -4.57. The van der Waals surface area contributed by atoms with E-state index in [-0.39, 0.29) is 30.6 Å². The molecular weight excluding hydrogens is 501 g/mol. The van der Waals surface area contributed by atoms with Crippen molar-refractivity contribution in [2.45, 2.75) is 77.1 Å². The summed E-state index contributed by atoms with van der Waals surface area (Å²) in [5, 5.41) is 3.42. The van der Waals surface area contributed by atoms with Crippen molar-refractivity contribution in [3.8, 4) is 5.88 Å². The quantitative estimate of drug-likeness (QED) is 0.404. The minimum absolute atomic E-state index is 0.0348. The Kier molecular flexibility index (Phi) is 9.43. The summed E-state index contributed by atoms with van der Waals surface area (Å²) in [6.45, 7) is 9.55. The number of hydrogen-bond donors (Lipinski definition) is 1. The van der Waals surface area contributed by atoms with E-state index in [1.165, 1.54) is 7.11 Å². The second kappa shape index (κ2) is 12.0. The summed E-state index contributed by atoms with van der Waals surface area (Å²) in [6, 6.07) is 7.59. The van der Waals surface area contributed by atoms with Gasteiger partial charge in [-0.3, -0.25) is 10.1 Å². The van der Waals surface area contributed by atoms with Gasteiger partial charge in [-0.15, -0.1) is 0 Å². The van der Waals surface area contributed by atoms with Crippen molar-refractivity contribution >= 4 is 5.97 Å². The summed E-state index contributed by atoms with van der Waals surface area (Å²) < 4.78 is 63.1. The molecule has 1 aromatic heterocycles. The van der Waals surface area contributed by atoms with Crippen LogP contribution in [0.2, 0.25) is 0 Å². The molecule has 2 aromatic rings. The van der Waals surface area contributed by atoms with Crippen LogP contribution < -0.4 is 10.1 Å². The van der Waals surface area contributed by atoms with Crippen LogP contribution in [0.15, 0.2) is 36.5 Å². The van der Waals surface area contributed by atoms with Crippen LogP contribution in [0.5, 0.6) is 5.88 Å². The van der Waals surface area contributed by atoms with Crippen LogP contribution in [-0.2, 0) is 31.8 Å². The first-order valence-electron chi connectivity index (χ1n) is 12.6. The number of carbonyl (C=O) groups is 1. The number of hydrogen-bond acceptors (Lipinski definition) is 7. The van der Waals surface area contributed by atoms with Crippen LogP contribution in [-0.4, -0.2) is 49.5 Å². The Bertz CT molecular complexity index is 1110. The lowest BCUT2D eigenvalue weighted by Gasteiger charge is -2.37. The normalized spacial score (nSPS) is 22.1. The number of nitrogens with one attached hydrogen (secondary N) is 1. The number of benzene rings is 1. The molecule has 1 fully saturated rings. The van der Waals surface area contributed by atoms with Gasteiger partial charge in [0, 0.05) is 24.8 Å². The average molecular weight is 539 g/mol. The number of alkyl halides is 3. The van der Waals surface area contributed by atoms with Crippen molar-refractivity contribution in [2.24, 2.45) is 5.92 Å². The smallest absolute Gasteiger partial charge is 0.417 e. The van der Waals surface area contributed by atoms with Gasteiger partial charge in [0.05, 0.1) is 43.6 Å². The molecule has 1 aliphatic rings. The van der Waals surface area contributed by atoms with Crippen molar-refractivity contribution in [1.82, 2.24) is 10.3 Å². The zero-order valence-electron chi connectivity index (χ0n) is 22.9. The molecule has 2 heterocycles. The Morgan fingerprint density at radius 1 is 1.16 bits per heavy atom. The number of carbonyl (C=O) groups excluding carboxylic acids is 1. The topological polar surface area (TPSA) is 78.9 Å². The SMILES string of the molecule is CCOC(=O)[C@H]1N[C@@H](c2ccccc2C(C)C)[C@@H](OCc2cc(C(F)(F)F)cnc2OC)[C@@H]1C(C)(C)OC. The molecule has 10 heteroatoms. The number of nitrogens with zero attached hydrogens (tertiary/aromatic N) is 1. The van der Waals surface area contributed by atoms with E-state index in [1.807, 2.05) is 38.1 Å². The Labute approximate surface area is 222 Å². The number of ether oxygens (including phenoxy) is 4. The molecular formula is C28H37F3N2O5. The number of aromatic nitrogens is 1. The van der Waals surface area contributed by atoms with E-state index in [4.69, 9.17) is 18.9 Å². The second-order valence-corrected chi connectivity index (χ2v) is 10.2. The molecule has 1 aromatic carbocycles. The van der Waals surface area contributed by atoms with Crippen molar-refractivity contribution in [3.05, 3.63) is 58.8 Å². The van der Waals surface area contributed by atoms with Gasteiger partial charge in [-0.05, 0) is 43.9 Å². The van der Waals surface area contributed by atoms with Gasteiger partial charge in [0.15, 0.2) is 0 Å². The summed E-state index contributed by atoms with van der Waals surface area (Å²) in [7, 11) is 2.89. The van der Waals surface area contributed by atoms with Gasteiger partial charge < -0.3 is 18.9 Å². The Hall–Kier alpha value is -2.69. The van der Waals surface area contributed by atoms with Crippen LogP contribution in [0.1, 0.15) is 68.8 Å². The third kappa shape index (κ3) is 6.30. The largest absolute Gasteiger partial charge is 0.481 e. The molecule has 1 N–H and O–H groups in total. The molecule has 1 saturated heterocycles. The molecule has 0 bridgehead atoms. The zero-order chi connectivity index (χ0) is 28.3. The molecule has 38 heavy (non-hydrogen) atoms. The van der Waals surface area contributed by atoms with Gasteiger partial charge >= 0.3 is 12.1 Å². The molecule has 210 valence electrons. The molecule has 0 spiro atoms. The zero-order valence-corrected chi connectivity index (χ0v) is 22.9. The number of methoxy groups -OCH3 is 2. The maximum Gasteiger partial charge on any atom is 0.417 e. The Balaban J connectivity index is 2.10. The van der Waals surface area contributed by atoms with Crippen molar-refractivity contribution in [2.75, 3.05) is 20.8 Å². The lowest BCUT2D eigenvalue weighted by molar-refractivity contribution is -0.153. The van der Waals surface area contributed by atoms with E-state index in [1.54, 1.807) is 14.0 Å². The van der Waals surface area contributed by atoms with Gasteiger partial charge in [-0.1, -0.05) is 38.1 Å². The van der Waals surface area contributed by atoms with Crippen molar-refractivity contribution in [1.29, 1.82) is 0 Å². The molecule has 0 aliphatic carbocycles. The maximum atomic E-state index is 13.4. The van der Waals surface area contributed by atoms with Gasteiger partial charge in [-0.25, -0.2) is 4.98 Å². The number of rotatable bonds is 10. The monoisotopic (exact) mass is 538 g/mol. The lowest BCUT2D eigenvalue weighted by atomic mass is 9.79. The number of halogens is 3. The van der Waals surface area contributed by atoms with Gasteiger partial charge in [0.25, 0.3) is 0 Å². The fraction of sp³-hybridized carbons (Fsp3) is 0.571. The highest BCUT2D eigenvalue weighted by Gasteiger charge is 2.55. The molecule has 0 unspecified atom stereocenters. The first kappa shape index (κ1) is 29.9.